The van der Waals surface area contributed by atoms with Gasteiger partial charge in [-0.25, -0.2) is 0 Å². The number of anilines is 3. The highest BCUT2D eigenvalue weighted by molar-refractivity contribution is 7.99. The Morgan fingerprint density at radius 3 is 2.00 bits per heavy atom. The smallest absolute Gasteiger partial charge is 0.152 e. The minimum absolute atomic E-state index is 0.477. The molecule has 1 aliphatic carbocycles. The van der Waals surface area contributed by atoms with Crippen LogP contribution in [0.25, 0.3) is 38.9 Å². The number of ether oxygens (including phenoxy) is 1. The zero-order valence-electron chi connectivity index (χ0n) is 30.9. The zero-order valence-corrected chi connectivity index (χ0v) is 31.7. The third-order valence-corrected chi connectivity index (χ3v) is 13.0. The van der Waals surface area contributed by atoms with Crippen LogP contribution < -0.4 is 9.64 Å². The number of pyridine rings is 2. The van der Waals surface area contributed by atoms with Crippen molar-refractivity contribution in [3.63, 3.8) is 0 Å². The first kappa shape index (κ1) is 33.0. The van der Waals surface area contributed by atoms with Crippen LogP contribution in [0.3, 0.4) is 0 Å². The summed E-state index contributed by atoms with van der Waals surface area (Å²) in [5.41, 5.74) is 12.1. The van der Waals surface area contributed by atoms with Crippen LogP contribution in [0.4, 0.5) is 17.1 Å². The molecule has 9 aromatic rings. The molecule has 12 rings (SSSR count). The lowest BCUT2D eigenvalue weighted by Crippen LogP contribution is -2.33. The number of hydrogen-bond acceptors (Lipinski definition) is 8. The maximum atomic E-state index is 9.85. The van der Waals surface area contributed by atoms with E-state index < -0.39 is 5.41 Å². The van der Waals surface area contributed by atoms with Crippen LogP contribution in [0.2, 0.25) is 0 Å². The first-order valence-corrected chi connectivity index (χ1v) is 19.8. The minimum Gasteiger partial charge on any atom is -0.453 e. The van der Waals surface area contributed by atoms with Crippen LogP contribution in [0.5, 0.6) is 11.5 Å². The highest BCUT2D eigenvalue weighted by atomic mass is 32.2. The number of para-hydroxylation sites is 1. The summed E-state index contributed by atoms with van der Waals surface area (Å²) < 4.78 is 8.68. The molecule has 2 aliphatic heterocycles. The van der Waals surface area contributed by atoms with E-state index in [4.69, 9.17) is 14.7 Å². The van der Waals surface area contributed by atoms with E-state index in [0.29, 0.717) is 28.2 Å². The van der Waals surface area contributed by atoms with Crippen molar-refractivity contribution in [2.75, 3.05) is 4.90 Å². The molecule has 1 unspecified atom stereocenters. The Bertz CT molecular complexity index is 3410. The maximum absolute atomic E-state index is 9.85. The highest BCUT2D eigenvalue weighted by Gasteiger charge is 2.52. The number of benzene rings is 6. The lowest BCUT2D eigenvalue weighted by Gasteiger charge is -2.41. The number of fused-ring (bicyclic) bond motifs is 14. The van der Waals surface area contributed by atoms with Crippen LogP contribution in [-0.2, 0) is 5.41 Å². The third kappa shape index (κ3) is 4.41. The van der Waals surface area contributed by atoms with Crippen LogP contribution in [-0.4, -0.2) is 14.5 Å². The second kappa shape index (κ2) is 12.2. The van der Waals surface area contributed by atoms with Crippen LogP contribution in [0.15, 0.2) is 162 Å². The number of nitriles is 3. The maximum Gasteiger partial charge on any atom is 0.152 e. The second-order valence-corrected chi connectivity index (χ2v) is 15.8. The summed E-state index contributed by atoms with van der Waals surface area (Å²) in [6.45, 7) is 0. The molecule has 59 heavy (non-hydrogen) atoms. The lowest BCUT2D eigenvalue weighted by atomic mass is 9.67. The van der Waals surface area contributed by atoms with Crippen molar-refractivity contribution in [2.45, 2.75) is 15.2 Å². The first-order chi connectivity index (χ1) is 29.1. The Kier molecular flexibility index (Phi) is 6.81. The Hall–Kier alpha value is -8.16. The van der Waals surface area contributed by atoms with E-state index in [1.54, 1.807) is 36.0 Å². The summed E-state index contributed by atoms with van der Waals surface area (Å²) in [6, 6.07) is 53.5. The van der Waals surface area contributed by atoms with E-state index in [-0.39, 0.29) is 0 Å². The van der Waals surface area contributed by atoms with E-state index in [1.807, 2.05) is 60.9 Å². The molecule has 1 spiro atoms. The van der Waals surface area contributed by atoms with Crippen LogP contribution in [0.1, 0.15) is 38.9 Å². The van der Waals surface area contributed by atoms with Gasteiger partial charge in [-0.15, -0.1) is 0 Å². The highest BCUT2D eigenvalue weighted by Crippen LogP contribution is 2.64. The van der Waals surface area contributed by atoms with Crippen LogP contribution >= 0.6 is 11.8 Å². The molecule has 3 aromatic heterocycles. The molecule has 0 saturated heterocycles. The molecule has 272 valence electrons. The fourth-order valence-electron chi connectivity index (χ4n) is 9.43. The van der Waals surface area contributed by atoms with E-state index in [2.05, 4.69) is 94.4 Å². The quantitative estimate of drug-likeness (QED) is 0.171. The fourth-order valence-corrected chi connectivity index (χ4v) is 10.7. The van der Waals surface area contributed by atoms with Crippen molar-refractivity contribution in [2.24, 2.45) is 0 Å². The average Bonchev–Trinajstić information content (AvgIpc) is 3.77. The van der Waals surface area contributed by atoms with Gasteiger partial charge in [0, 0.05) is 44.5 Å². The normalized spacial score (nSPS) is 15.2. The third-order valence-electron chi connectivity index (χ3n) is 11.8. The molecule has 0 saturated carbocycles. The molecular formula is C50H25N7OS. The molecule has 0 radical (unpaired) electrons. The molecule has 9 heteroatoms. The van der Waals surface area contributed by atoms with Gasteiger partial charge in [0.1, 0.15) is 0 Å². The molecular weight excluding hydrogens is 747 g/mol. The second-order valence-electron chi connectivity index (χ2n) is 14.7. The summed E-state index contributed by atoms with van der Waals surface area (Å²) >= 11 is 1.73. The Labute approximate surface area is 342 Å². The van der Waals surface area contributed by atoms with Crippen molar-refractivity contribution in [1.82, 2.24) is 14.5 Å². The van der Waals surface area contributed by atoms with Crippen molar-refractivity contribution in [3.05, 3.63) is 191 Å². The van der Waals surface area contributed by atoms with Crippen LogP contribution in [0, 0.1) is 34.0 Å². The summed E-state index contributed by atoms with van der Waals surface area (Å²) in [6.07, 6.45) is 3.78. The van der Waals surface area contributed by atoms with Crippen molar-refractivity contribution < 1.29 is 4.74 Å². The Balaban J connectivity index is 1.16. The molecule has 8 nitrogen and oxygen atoms in total. The van der Waals surface area contributed by atoms with Gasteiger partial charge < -0.3 is 14.2 Å². The number of hydrogen-bond donors (Lipinski definition) is 0. The van der Waals surface area contributed by atoms with Gasteiger partial charge in [-0.1, -0.05) is 66.4 Å². The molecule has 5 heterocycles. The summed E-state index contributed by atoms with van der Waals surface area (Å²) in [4.78, 5) is 14.6. The minimum atomic E-state index is -0.810. The van der Waals surface area contributed by atoms with Gasteiger partial charge in [-0.05, 0) is 89.5 Å². The Morgan fingerprint density at radius 2 is 1.20 bits per heavy atom. The number of aromatic nitrogens is 3. The predicted molar refractivity (Wildman–Crippen MR) is 227 cm³/mol. The van der Waals surface area contributed by atoms with E-state index >= 15 is 0 Å². The van der Waals surface area contributed by atoms with Gasteiger partial charge in [0.2, 0.25) is 0 Å². The molecule has 6 aromatic carbocycles. The van der Waals surface area contributed by atoms with Gasteiger partial charge in [0.25, 0.3) is 0 Å². The topological polar surface area (TPSA) is 115 Å². The number of nitrogens with zero attached hydrogens (tertiary/aromatic N) is 7. The largest absolute Gasteiger partial charge is 0.453 e. The van der Waals surface area contributed by atoms with Crippen molar-refractivity contribution in [1.29, 1.82) is 15.8 Å². The lowest BCUT2D eigenvalue weighted by molar-refractivity contribution is 0.476. The summed E-state index contributed by atoms with van der Waals surface area (Å²) in [5, 5.41) is 31.6. The summed E-state index contributed by atoms with van der Waals surface area (Å²) in [7, 11) is 0. The van der Waals surface area contributed by atoms with Crippen molar-refractivity contribution in [3.8, 4) is 46.8 Å². The first-order valence-electron chi connectivity index (χ1n) is 19.0. The fraction of sp³-hybridized carbons (Fsp3) is 0.0200. The molecule has 0 bridgehead atoms. The van der Waals surface area contributed by atoms with Gasteiger partial charge in [0.15, 0.2) is 11.5 Å². The Morgan fingerprint density at radius 1 is 0.542 bits per heavy atom. The van der Waals surface area contributed by atoms with Gasteiger partial charge in [0.05, 0.1) is 91.7 Å². The SMILES string of the molecule is N#Cc1ccc2c(c1)Oc1cc(C#N)ccc1N2c1cccc2c1Sc1ccccc1C21c2cccnc2-c2ncc(-n3c4ccccc4c4cc(C#N)ccc43)cc21. The number of rotatable bonds is 2. The van der Waals surface area contributed by atoms with E-state index in [1.165, 1.54) is 0 Å². The van der Waals surface area contributed by atoms with E-state index in [0.717, 1.165) is 88.0 Å². The molecule has 0 N–H and O–H groups in total. The van der Waals surface area contributed by atoms with Crippen molar-refractivity contribution >= 4 is 50.6 Å². The molecule has 0 fully saturated rings. The summed E-state index contributed by atoms with van der Waals surface area (Å²) in [5.74, 6) is 1.06. The monoisotopic (exact) mass is 771 g/mol. The van der Waals surface area contributed by atoms with Gasteiger partial charge >= 0.3 is 0 Å². The van der Waals surface area contributed by atoms with E-state index in [9.17, 15) is 15.8 Å². The van der Waals surface area contributed by atoms with Gasteiger partial charge in [-0.2, -0.15) is 15.8 Å². The predicted octanol–water partition coefficient (Wildman–Crippen LogP) is 11.6. The van der Waals surface area contributed by atoms with Gasteiger partial charge in [-0.3, -0.25) is 9.97 Å². The standard InChI is InChI=1S/C50H25N7OS/c51-25-29-14-17-40-34(21-29)33-7-1-3-11-39(33)56(40)32-24-38-48(55-28-32)47-36(10-6-20-54-47)50(38)35-8-2-4-13-46(35)59-49-37(50)9-5-12-43(49)57-41-18-15-30(26-52)22-44(41)58-45-23-31(27-53)16-19-42(45)57/h1-24,28H. The molecule has 1 atom stereocenters. The zero-order chi connectivity index (χ0) is 39.4. The molecule has 0 amide bonds. The molecule has 3 aliphatic rings. The average molecular weight is 772 g/mol.